The Morgan fingerprint density at radius 1 is 1.33 bits per heavy atom. The summed E-state index contributed by atoms with van der Waals surface area (Å²) < 4.78 is 0. The van der Waals surface area contributed by atoms with Crippen molar-refractivity contribution in [3.63, 3.8) is 0 Å². The van der Waals surface area contributed by atoms with Gasteiger partial charge in [-0.2, -0.15) is 0 Å². The van der Waals surface area contributed by atoms with Crippen LogP contribution < -0.4 is 0 Å². The predicted molar refractivity (Wildman–Crippen MR) is 63.5 cm³/mol. The molecule has 0 unspecified atom stereocenters. The highest BCUT2D eigenvalue weighted by Gasteiger charge is 1.98. The van der Waals surface area contributed by atoms with Crippen LogP contribution in [0.2, 0.25) is 0 Å². The normalized spacial score (nSPS) is 10.1. The highest BCUT2D eigenvalue weighted by Crippen LogP contribution is 2.22. The third-order valence-electron chi connectivity index (χ3n) is 1.89. The summed E-state index contributed by atoms with van der Waals surface area (Å²) in [5.74, 6) is 0.879. The van der Waals surface area contributed by atoms with Crippen LogP contribution in [-0.4, -0.2) is 11.3 Å². The molecular weight excluding hydrogens is 226 g/mol. The topological polar surface area (TPSA) is 30.0 Å². The Bertz CT molecular complexity index is 422. The Kier molecular flexibility index (Phi) is 3.53. The first-order valence-electron chi connectivity index (χ1n) is 4.43. The van der Waals surface area contributed by atoms with E-state index in [-0.39, 0.29) is 0 Å². The third kappa shape index (κ3) is 2.91. The fourth-order valence-corrected chi connectivity index (χ4v) is 2.57. The maximum atomic E-state index is 10.4. The van der Waals surface area contributed by atoms with Crippen molar-refractivity contribution in [1.82, 2.24) is 4.98 Å². The minimum absolute atomic E-state index is 0.716. The van der Waals surface area contributed by atoms with Crippen molar-refractivity contribution in [1.29, 1.82) is 0 Å². The Morgan fingerprint density at radius 2 is 2.13 bits per heavy atom. The van der Waals surface area contributed by atoms with Gasteiger partial charge in [0.1, 0.15) is 6.29 Å². The number of thiazole rings is 1. The summed E-state index contributed by atoms with van der Waals surface area (Å²) in [7, 11) is 0. The van der Waals surface area contributed by atoms with Crippen molar-refractivity contribution in [3.05, 3.63) is 46.4 Å². The molecule has 2 rings (SSSR count). The lowest BCUT2D eigenvalue weighted by Crippen LogP contribution is -1.81. The van der Waals surface area contributed by atoms with Crippen LogP contribution in [-0.2, 0) is 5.75 Å². The van der Waals surface area contributed by atoms with Gasteiger partial charge in [-0.05, 0) is 12.1 Å². The average molecular weight is 235 g/mol. The fraction of sp³-hybridized carbons (Fsp3) is 0.0909. The van der Waals surface area contributed by atoms with E-state index < -0.39 is 0 Å². The van der Waals surface area contributed by atoms with Crippen molar-refractivity contribution in [2.45, 2.75) is 10.6 Å². The number of nitrogens with zero attached hydrogens (tertiary/aromatic N) is 1. The second-order valence-corrected chi connectivity index (χ2v) is 4.72. The van der Waals surface area contributed by atoms with Gasteiger partial charge < -0.3 is 0 Å². The number of aromatic nitrogens is 1. The lowest BCUT2D eigenvalue weighted by Gasteiger charge is -1.99. The lowest BCUT2D eigenvalue weighted by atomic mass is 10.2. The Labute approximate surface area is 96.4 Å². The molecule has 0 N–H and O–H groups in total. The van der Waals surface area contributed by atoms with Gasteiger partial charge in [-0.1, -0.05) is 12.1 Å². The first-order chi connectivity index (χ1) is 7.38. The fourth-order valence-electron chi connectivity index (χ4n) is 1.11. The van der Waals surface area contributed by atoms with Crippen LogP contribution in [0, 0.1) is 0 Å². The van der Waals surface area contributed by atoms with E-state index in [9.17, 15) is 4.79 Å². The zero-order chi connectivity index (χ0) is 10.5. The second kappa shape index (κ2) is 5.09. The molecule has 15 heavy (non-hydrogen) atoms. The van der Waals surface area contributed by atoms with Crippen LogP contribution >= 0.6 is 23.1 Å². The summed E-state index contributed by atoms with van der Waals surface area (Å²) in [6, 6.07) is 7.58. The second-order valence-electron chi connectivity index (χ2n) is 2.96. The first kappa shape index (κ1) is 10.4. The largest absolute Gasteiger partial charge is 0.298 e. The van der Waals surface area contributed by atoms with E-state index in [0.29, 0.717) is 5.56 Å². The first-order valence-corrected chi connectivity index (χ1v) is 6.36. The SMILES string of the molecule is O=Cc1ccc(SCc2cscn2)cc1. The van der Waals surface area contributed by atoms with Crippen LogP contribution in [0.3, 0.4) is 0 Å². The molecule has 0 aliphatic heterocycles. The van der Waals surface area contributed by atoms with Crippen molar-refractivity contribution < 1.29 is 4.79 Å². The molecule has 0 fully saturated rings. The molecule has 2 aromatic rings. The number of carbonyl (C=O) groups is 1. The maximum Gasteiger partial charge on any atom is 0.150 e. The molecule has 1 aromatic heterocycles. The quantitative estimate of drug-likeness (QED) is 0.602. The molecule has 0 atom stereocenters. The van der Waals surface area contributed by atoms with Gasteiger partial charge in [0.05, 0.1) is 11.2 Å². The summed E-state index contributed by atoms with van der Waals surface area (Å²) in [6.45, 7) is 0. The zero-order valence-electron chi connectivity index (χ0n) is 7.92. The molecule has 1 aromatic carbocycles. The van der Waals surface area contributed by atoms with Gasteiger partial charge in [-0.15, -0.1) is 23.1 Å². The molecule has 0 saturated carbocycles. The van der Waals surface area contributed by atoms with Gasteiger partial charge in [0.15, 0.2) is 0 Å². The van der Waals surface area contributed by atoms with E-state index >= 15 is 0 Å². The molecule has 0 spiro atoms. The molecule has 0 radical (unpaired) electrons. The minimum atomic E-state index is 0.716. The third-order valence-corrected chi connectivity index (χ3v) is 3.57. The van der Waals surface area contributed by atoms with Crippen molar-refractivity contribution in [2.75, 3.05) is 0 Å². The number of rotatable bonds is 4. The van der Waals surface area contributed by atoms with Crippen molar-refractivity contribution in [3.8, 4) is 0 Å². The summed E-state index contributed by atoms with van der Waals surface area (Å²) >= 11 is 3.34. The summed E-state index contributed by atoms with van der Waals surface area (Å²) in [4.78, 5) is 15.8. The summed E-state index contributed by atoms with van der Waals surface area (Å²) in [6.07, 6.45) is 0.856. The molecule has 0 aliphatic rings. The average Bonchev–Trinajstić information content (AvgIpc) is 2.80. The van der Waals surface area contributed by atoms with Crippen molar-refractivity contribution in [2.24, 2.45) is 0 Å². The van der Waals surface area contributed by atoms with Crippen LogP contribution in [0.25, 0.3) is 0 Å². The van der Waals surface area contributed by atoms with Gasteiger partial charge in [0.2, 0.25) is 0 Å². The van der Waals surface area contributed by atoms with E-state index in [4.69, 9.17) is 0 Å². The Hall–Kier alpha value is -1.13. The molecule has 2 nitrogen and oxygen atoms in total. The van der Waals surface area contributed by atoms with Crippen molar-refractivity contribution >= 4 is 29.4 Å². The van der Waals surface area contributed by atoms with E-state index in [1.807, 2.05) is 35.2 Å². The molecule has 4 heteroatoms. The zero-order valence-corrected chi connectivity index (χ0v) is 9.55. The van der Waals surface area contributed by atoms with E-state index in [1.165, 1.54) is 0 Å². The van der Waals surface area contributed by atoms with E-state index in [2.05, 4.69) is 4.98 Å². The monoisotopic (exact) mass is 235 g/mol. The Morgan fingerprint density at radius 3 is 2.73 bits per heavy atom. The molecule has 1 heterocycles. The van der Waals surface area contributed by atoms with Crippen LogP contribution in [0.15, 0.2) is 40.1 Å². The number of hydrogen-bond acceptors (Lipinski definition) is 4. The maximum absolute atomic E-state index is 10.4. The van der Waals surface area contributed by atoms with E-state index in [0.717, 1.165) is 22.6 Å². The molecule has 76 valence electrons. The summed E-state index contributed by atoms with van der Waals surface area (Å²) in [5, 5.41) is 2.05. The number of hydrogen-bond donors (Lipinski definition) is 0. The van der Waals surface area contributed by atoms with Crippen LogP contribution in [0.4, 0.5) is 0 Å². The van der Waals surface area contributed by atoms with Gasteiger partial charge in [-0.3, -0.25) is 4.79 Å². The minimum Gasteiger partial charge on any atom is -0.298 e. The van der Waals surface area contributed by atoms with Gasteiger partial charge in [-0.25, -0.2) is 4.98 Å². The standard InChI is InChI=1S/C11H9NOS2/c13-5-9-1-3-11(4-2-9)15-7-10-6-14-8-12-10/h1-6,8H,7H2. The van der Waals surface area contributed by atoms with Gasteiger partial charge in [0, 0.05) is 21.6 Å². The Balaban J connectivity index is 1.96. The lowest BCUT2D eigenvalue weighted by molar-refractivity contribution is 0.112. The number of thioether (sulfide) groups is 1. The van der Waals surface area contributed by atoms with Gasteiger partial charge >= 0.3 is 0 Å². The number of benzene rings is 1. The van der Waals surface area contributed by atoms with E-state index in [1.54, 1.807) is 23.1 Å². The van der Waals surface area contributed by atoms with Gasteiger partial charge in [0.25, 0.3) is 0 Å². The molecule has 0 bridgehead atoms. The summed E-state index contributed by atoms with van der Waals surface area (Å²) in [5.41, 5.74) is 3.66. The van der Waals surface area contributed by atoms with Crippen LogP contribution in [0.5, 0.6) is 0 Å². The molecule has 0 aliphatic carbocycles. The highest BCUT2D eigenvalue weighted by molar-refractivity contribution is 7.98. The molecular formula is C11H9NOS2. The molecule has 0 amide bonds. The number of carbonyl (C=O) groups excluding carboxylic acids is 1. The molecule has 0 saturated heterocycles. The smallest absolute Gasteiger partial charge is 0.150 e. The highest BCUT2D eigenvalue weighted by atomic mass is 32.2. The number of aldehydes is 1. The van der Waals surface area contributed by atoms with Crippen LogP contribution in [0.1, 0.15) is 16.1 Å². The predicted octanol–water partition coefficient (Wildman–Crippen LogP) is 3.25.